The van der Waals surface area contributed by atoms with Crippen molar-refractivity contribution in [1.82, 2.24) is 20.2 Å². The van der Waals surface area contributed by atoms with E-state index in [2.05, 4.69) is 25.5 Å². The average molecular weight is 215 g/mol. The summed E-state index contributed by atoms with van der Waals surface area (Å²) >= 11 is 0. The van der Waals surface area contributed by atoms with E-state index in [1.807, 2.05) is 12.4 Å². The predicted octanol–water partition coefficient (Wildman–Crippen LogP) is 1.30. The third-order valence-electron chi connectivity index (χ3n) is 2.89. The fraction of sp³-hybridized carbons (Fsp3) is 0.364. The first-order valence-electron chi connectivity index (χ1n) is 5.48. The van der Waals surface area contributed by atoms with Crippen molar-refractivity contribution in [3.05, 3.63) is 35.5 Å². The molecule has 2 aromatic rings. The number of aryl methyl sites for hydroxylation is 1. The molecule has 0 atom stereocenters. The molecule has 0 radical (unpaired) electrons. The number of nitrogens with zero attached hydrogens (tertiary/aromatic N) is 3. The van der Waals surface area contributed by atoms with E-state index in [9.17, 15) is 0 Å². The van der Waals surface area contributed by atoms with Gasteiger partial charge in [-0.05, 0) is 19.3 Å². The second-order valence-corrected chi connectivity index (χ2v) is 3.96. The summed E-state index contributed by atoms with van der Waals surface area (Å²) in [5.74, 6) is 0.976. The van der Waals surface area contributed by atoms with Crippen LogP contribution in [0.4, 0.5) is 5.82 Å². The van der Waals surface area contributed by atoms with E-state index < -0.39 is 0 Å². The Morgan fingerprint density at radius 2 is 2.31 bits per heavy atom. The Kier molecular flexibility index (Phi) is 2.29. The summed E-state index contributed by atoms with van der Waals surface area (Å²) in [6.45, 7) is 0.750. The maximum atomic E-state index is 4.30. The molecule has 0 aromatic carbocycles. The maximum Gasteiger partial charge on any atom is 0.133 e. The molecule has 0 amide bonds. The Hall–Kier alpha value is -1.91. The molecule has 3 rings (SSSR count). The van der Waals surface area contributed by atoms with Crippen molar-refractivity contribution in [2.24, 2.45) is 0 Å². The number of hydrogen-bond donors (Lipinski definition) is 2. The van der Waals surface area contributed by atoms with Gasteiger partial charge in [0.05, 0.1) is 6.20 Å². The van der Waals surface area contributed by atoms with Crippen LogP contribution in [-0.4, -0.2) is 20.2 Å². The zero-order chi connectivity index (χ0) is 10.8. The lowest BCUT2D eigenvalue weighted by molar-refractivity contribution is 0.899. The van der Waals surface area contributed by atoms with E-state index in [0.717, 1.165) is 30.8 Å². The van der Waals surface area contributed by atoms with Gasteiger partial charge in [0.25, 0.3) is 0 Å². The van der Waals surface area contributed by atoms with E-state index in [4.69, 9.17) is 0 Å². The van der Waals surface area contributed by atoms with E-state index in [1.54, 1.807) is 6.33 Å². The molecule has 16 heavy (non-hydrogen) atoms. The van der Waals surface area contributed by atoms with Crippen LogP contribution in [0, 0.1) is 0 Å². The van der Waals surface area contributed by atoms with Gasteiger partial charge in [0.2, 0.25) is 0 Å². The highest BCUT2D eigenvalue weighted by Gasteiger charge is 2.16. The molecule has 0 spiro atoms. The normalized spacial score (nSPS) is 13.8. The first-order valence-corrected chi connectivity index (χ1v) is 5.48. The summed E-state index contributed by atoms with van der Waals surface area (Å²) in [7, 11) is 0. The Morgan fingerprint density at radius 3 is 3.19 bits per heavy atom. The molecule has 0 bridgehead atoms. The van der Waals surface area contributed by atoms with Crippen LogP contribution in [0.15, 0.2) is 18.7 Å². The first-order chi connectivity index (χ1) is 7.93. The van der Waals surface area contributed by atoms with Crippen LogP contribution in [0.2, 0.25) is 0 Å². The second-order valence-electron chi connectivity index (χ2n) is 3.96. The van der Waals surface area contributed by atoms with Crippen LogP contribution in [0.25, 0.3) is 0 Å². The number of aromatic nitrogens is 4. The van der Waals surface area contributed by atoms with Gasteiger partial charge < -0.3 is 5.32 Å². The molecule has 5 heteroatoms. The Balaban J connectivity index is 1.78. The van der Waals surface area contributed by atoms with Crippen molar-refractivity contribution < 1.29 is 0 Å². The predicted molar refractivity (Wildman–Crippen MR) is 60.0 cm³/mol. The van der Waals surface area contributed by atoms with Crippen LogP contribution in [0.3, 0.4) is 0 Å². The minimum Gasteiger partial charge on any atom is -0.366 e. The van der Waals surface area contributed by atoms with Crippen molar-refractivity contribution in [2.45, 2.75) is 25.8 Å². The van der Waals surface area contributed by atoms with Gasteiger partial charge in [-0.3, -0.25) is 5.10 Å². The van der Waals surface area contributed by atoms with E-state index in [1.165, 1.54) is 17.7 Å². The number of nitrogens with one attached hydrogen (secondary N) is 2. The molecule has 82 valence electrons. The second kappa shape index (κ2) is 3.92. The Labute approximate surface area is 93.3 Å². The first kappa shape index (κ1) is 9.33. The van der Waals surface area contributed by atoms with E-state index in [-0.39, 0.29) is 0 Å². The Bertz CT molecular complexity index is 477. The highest BCUT2D eigenvalue weighted by Crippen LogP contribution is 2.25. The minimum atomic E-state index is 0.750. The fourth-order valence-electron chi connectivity index (χ4n) is 2.07. The van der Waals surface area contributed by atoms with Gasteiger partial charge in [-0.2, -0.15) is 5.10 Å². The number of aromatic amines is 1. The highest BCUT2D eigenvalue weighted by atomic mass is 15.1. The maximum absolute atomic E-state index is 4.30. The summed E-state index contributed by atoms with van der Waals surface area (Å²) in [4.78, 5) is 8.59. The zero-order valence-electron chi connectivity index (χ0n) is 8.90. The van der Waals surface area contributed by atoms with Gasteiger partial charge in [-0.1, -0.05) is 0 Å². The lowest BCUT2D eigenvalue weighted by atomic mass is 10.2. The molecule has 0 fully saturated rings. The topological polar surface area (TPSA) is 66.5 Å². The van der Waals surface area contributed by atoms with Crippen LogP contribution in [0.5, 0.6) is 0 Å². The highest BCUT2D eigenvalue weighted by molar-refractivity contribution is 5.48. The minimum absolute atomic E-state index is 0.750. The monoisotopic (exact) mass is 215 g/mol. The third kappa shape index (κ3) is 1.64. The molecule has 0 aliphatic heterocycles. The third-order valence-corrected chi connectivity index (χ3v) is 2.89. The van der Waals surface area contributed by atoms with E-state index in [0.29, 0.717) is 0 Å². The van der Waals surface area contributed by atoms with Crippen LogP contribution in [0.1, 0.15) is 23.2 Å². The number of hydrogen-bond acceptors (Lipinski definition) is 4. The largest absolute Gasteiger partial charge is 0.366 e. The number of anilines is 1. The number of fused-ring (bicyclic) bond motifs is 1. The molecular formula is C11H13N5. The van der Waals surface area contributed by atoms with Gasteiger partial charge in [0, 0.05) is 29.6 Å². The van der Waals surface area contributed by atoms with Gasteiger partial charge in [0.15, 0.2) is 0 Å². The average Bonchev–Trinajstić information content (AvgIpc) is 2.97. The standard InChI is InChI=1S/C11H13N5/c1-2-9-10(3-1)13-7-14-11(9)12-4-8-5-15-16-6-8/h5-7H,1-4H2,(H,15,16)(H,12,13,14). The van der Waals surface area contributed by atoms with Crippen molar-refractivity contribution in [1.29, 1.82) is 0 Å². The molecule has 2 N–H and O–H groups in total. The quantitative estimate of drug-likeness (QED) is 0.810. The van der Waals surface area contributed by atoms with Crippen molar-refractivity contribution in [3.63, 3.8) is 0 Å². The summed E-state index contributed by atoms with van der Waals surface area (Å²) in [5.41, 5.74) is 3.61. The van der Waals surface area contributed by atoms with Gasteiger partial charge in [-0.25, -0.2) is 9.97 Å². The summed E-state index contributed by atoms with van der Waals surface area (Å²) in [6.07, 6.45) is 8.70. The van der Waals surface area contributed by atoms with E-state index >= 15 is 0 Å². The molecular weight excluding hydrogens is 202 g/mol. The molecule has 2 heterocycles. The molecule has 1 aliphatic carbocycles. The smallest absolute Gasteiger partial charge is 0.133 e. The fourth-order valence-corrected chi connectivity index (χ4v) is 2.07. The van der Waals surface area contributed by atoms with Gasteiger partial charge in [0.1, 0.15) is 12.1 Å². The van der Waals surface area contributed by atoms with Gasteiger partial charge in [-0.15, -0.1) is 0 Å². The van der Waals surface area contributed by atoms with Crippen LogP contribution >= 0.6 is 0 Å². The molecule has 0 unspecified atom stereocenters. The lowest BCUT2D eigenvalue weighted by Gasteiger charge is -2.07. The van der Waals surface area contributed by atoms with Crippen LogP contribution < -0.4 is 5.32 Å². The van der Waals surface area contributed by atoms with Crippen LogP contribution in [-0.2, 0) is 19.4 Å². The van der Waals surface area contributed by atoms with Gasteiger partial charge >= 0.3 is 0 Å². The molecule has 2 aromatic heterocycles. The molecule has 5 nitrogen and oxygen atoms in total. The molecule has 0 saturated heterocycles. The summed E-state index contributed by atoms with van der Waals surface area (Å²) in [5, 5.41) is 10.0. The van der Waals surface area contributed by atoms with Crippen molar-refractivity contribution in [2.75, 3.05) is 5.32 Å². The van der Waals surface area contributed by atoms with Crippen molar-refractivity contribution in [3.8, 4) is 0 Å². The summed E-state index contributed by atoms with van der Waals surface area (Å²) < 4.78 is 0. The Morgan fingerprint density at radius 1 is 1.31 bits per heavy atom. The molecule has 1 aliphatic rings. The molecule has 0 saturated carbocycles. The zero-order valence-corrected chi connectivity index (χ0v) is 8.90. The SMILES string of the molecule is c1nc2c(c(NCc3cn[nH]c3)n1)CCC2. The number of rotatable bonds is 3. The lowest BCUT2D eigenvalue weighted by Crippen LogP contribution is -2.04. The number of H-pyrrole nitrogens is 1. The summed E-state index contributed by atoms with van der Waals surface area (Å²) in [6, 6.07) is 0. The van der Waals surface area contributed by atoms with Crippen molar-refractivity contribution >= 4 is 5.82 Å².